The third-order valence-electron chi connectivity index (χ3n) is 2.87. The second-order valence-corrected chi connectivity index (χ2v) is 6.73. The predicted octanol–water partition coefficient (Wildman–Crippen LogP) is 2.67. The molecule has 1 N–H and O–H groups in total. The van der Waals surface area contributed by atoms with E-state index >= 15 is 0 Å². The molecule has 110 valence electrons. The summed E-state index contributed by atoms with van der Waals surface area (Å²) < 4.78 is 0.292. The number of amides is 2. The van der Waals surface area contributed by atoms with Gasteiger partial charge in [0.25, 0.3) is 5.91 Å². The summed E-state index contributed by atoms with van der Waals surface area (Å²) in [4.78, 5) is 28.4. The first kappa shape index (κ1) is 14.9. The molecule has 0 spiro atoms. The first-order chi connectivity index (χ1) is 10.7. The molecule has 3 rings (SSSR count). The van der Waals surface area contributed by atoms with Gasteiger partial charge in [-0.3, -0.25) is 15.0 Å². The van der Waals surface area contributed by atoms with E-state index < -0.39 is 0 Å². The van der Waals surface area contributed by atoms with Gasteiger partial charge in [-0.25, -0.2) is 4.98 Å². The van der Waals surface area contributed by atoms with Crippen molar-refractivity contribution >= 4 is 58.0 Å². The lowest BCUT2D eigenvalue weighted by molar-refractivity contribution is -0.128. The maximum absolute atomic E-state index is 12.2. The molecule has 1 aromatic carbocycles. The van der Waals surface area contributed by atoms with Crippen LogP contribution < -0.4 is 5.43 Å². The van der Waals surface area contributed by atoms with Gasteiger partial charge in [-0.1, -0.05) is 42.1 Å². The molecular weight excluding hydrogens is 338 g/mol. The van der Waals surface area contributed by atoms with Crippen LogP contribution in [0.3, 0.4) is 0 Å². The normalized spacial score (nSPS) is 16.4. The highest BCUT2D eigenvalue weighted by molar-refractivity contribution is 8.26. The maximum atomic E-state index is 12.2. The van der Waals surface area contributed by atoms with Gasteiger partial charge in [0.2, 0.25) is 6.41 Å². The molecule has 0 bridgehead atoms. The lowest BCUT2D eigenvalue weighted by Crippen LogP contribution is -2.40. The molecule has 1 fully saturated rings. The number of aromatic nitrogens is 1. The van der Waals surface area contributed by atoms with Crippen molar-refractivity contribution < 1.29 is 9.59 Å². The van der Waals surface area contributed by atoms with Gasteiger partial charge in [0.15, 0.2) is 4.32 Å². The molecule has 5 nitrogen and oxygen atoms in total. The molecule has 0 atom stereocenters. The van der Waals surface area contributed by atoms with Crippen LogP contribution in [0.2, 0.25) is 0 Å². The molecule has 22 heavy (non-hydrogen) atoms. The number of hydrogen-bond acceptors (Lipinski definition) is 6. The van der Waals surface area contributed by atoms with Crippen molar-refractivity contribution in [3.05, 3.63) is 46.4 Å². The van der Waals surface area contributed by atoms with E-state index in [0.29, 0.717) is 21.3 Å². The first-order valence-corrected chi connectivity index (χ1v) is 8.28. The first-order valence-electron chi connectivity index (χ1n) is 6.17. The Morgan fingerprint density at radius 2 is 2.05 bits per heavy atom. The van der Waals surface area contributed by atoms with E-state index in [0.717, 1.165) is 27.2 Å². The van der Waals surface area contributed by atoms with Gasteiger partial charge in [-0.15, -0.1) is 11.3 Å². The van der Waals surface area contributed by atoms with Crippen LogP contribution in [-0.4, -0.2) is 26.6 Å². The Morgan fingerprint density at radius 1 is 1.27 bits per heavy atom. The van der Waals surface area contributed by atoms with Crippen molar-refractivity contribution in [3.63, 3.8) is 0 Å². The average molecular weight is 347 g/mol. The van der Waals surface area contributed by atoms with E-state index in [9.17, 15) is 9.59 Å². The lowest BCUT2D eigenvalue weighted by Gasteiger charge is -2.10. The van der Waals surface area contributed by atoms with Crippen molar-refractivity contribution in [1.82, 2.24) is 15.4 Å². The summed E-state index contributed by atoms with van der Waals surface area (Å²) >= 11 is 7.71. The topological polar surface area (TPSA) is 62.3 Å². The summed E-state index contributed by atoms with van der Waals surface area (Å²) in [5.41, 5.74) is 5.77. The van der Waals surface area contributed by atoms with Gasteiger partial charge in [0.05, 0.1) is 21.0 Å². The molecule has 8 heteroatoms. The van der Waals surface area contributed by atoms with Crippen molar-refractivity contribution in [2.75, 3.05) is 0 Å². The average Bonchev–Trinajstić information content (AvgIpc) is 3.09. The van der Waals surface area contributed by atoms with Gasteiger partial charge in [0, 0.05) is 0 Å². The molecule has 1 aliphatic rings. The molecule has 0 radical (unpaired) electrons. The van der Waals surface area contributed by atoms with E-state index in [1.165, 1.54) is 11.3 Å². The molecule has 0 unspecified atom stereocenters. The number of thiazole rings is 1. The molecular formula is C14H9N3O2S3. The quantitative estimate of drug-likeness (QED) is 0.523. The third kappa shape index (κ3) is 2.80. The number of thiocarbonyl (C=S) groups is 1. The number of carbonyl (C=O) groups is 2. The minimum Gasteiger partial charge on any atom is -0.277 e. The molecule has 2 aromatic rings. The zero-order valence-electron chi connectivity index (χ0n) is 11.1. The summed E-state index contributed by atoms with van der Waals surface area (Å²) in [6, 6.07) is 9.83. The summed E-state index contributed by atoms with van der Waals surface area (Å²) in [5.74, 6) is -0.353. The number of nitrogens with one attached hydrogen (secondary N) is 1. The Morgan fingerprint density at radius 3 is 2.77 bits per heavy atom. The Labute approximate surface area is 140 Å². The minimum absolute atomic E-state index is 0.292. The summed E-state index contributed by atoms with van der Waals surface area (Å²) in [5, 5.41) is 1.05. The molecule has 0 aliphatic carbocycles. The molecule has 1 saturated heterocycles. The number of benzene rings is 1. The Balaban J connectivity index is 1.94. The Bertz CT molecular complexity index is 771. The number of thioether (sulfide) groups is 1. The van der Waals surface area contributed by atoms with Crippen LogP contribution in [0.1, 0.15) is 5.69 Å². The fourth-order valence-corrected chi connectivity index (χ4v) is 3.86. The molecule has 2 amide bonds. The molecule has 1 aliphatic heterocycles. The number of carbonyl (C=O) groups excluding carboxylic acids is 2. The number of hydrazine groups is 1. The highest BCUT2D eigenvalue weighted by Crippen LogP contribution is 2.34. The fraction of sp³-hybridized carbons (Fsp3) is 0. The second kappa shape index (κ2) is 6.39. The van der Waals surface area contributed by atoms with Gasteiger partial charge in [0.1, 0.15) is 0 Å². The Kier molecular flexibility index (Phi) is 4.32. The largest absolute Gasteiger partial charge is 0.285 e. The minimum atomic E-state index is -0.353. The van der Waals surface area contributed by atoms with E-state index in [4.69, 9.17) is 12.2 Å². The molecule has 1 aromatic heterocycles. The summed E-state index contributed by atoms with van der Waals surface area (Å²) in [6.07, 6.45) is 2.12. The SMILES string of the molecule is O=CNN1C(=O)/C(=C/c2ncsc2-c2ccccc2)SC1=S. The molecule has 2 heterocycles. The van der Waals surface area contributed by atoms with E-state index in [2.05, 4.69) is 10.4 Å². The summed E-state index contributed by atoms with van der Waals surface area (Å²) in [7, 11) is 0. The molecule has 0 saturated carbocycles. The van der Waals surface area contributed by atoms with Crippen LogP contribution in [0.15, 0.2) is 40.7 Å². The van der Waals surface area contributed by atoms with Crippen LogP contribution in [0.4, 0.5) is 0 Å². The number of rotatable bonds is 4. The van der Waals surface area contributed by atoms with Gasteiger partial charge in [-0.2, -0.15) is 5.01 Å². The van der Waals surface area contributed by atoms with E-state index in [-0.39, 0.29) is 5.91 Å². The van der Waals surface area contributed by atoms with Gasteiger partial charge >= 0.3 is 0 Å². The van der Waals surface area contributed by atoms with Crippen LogP contribution >= 0.6 is 35.3 Å². The van der Waals surface area contributed by atoms with Crippen molar-refractivity contribution in [2.45, 2.75) is 0 Å². The third-order valence-corrected chi connectivity index (χ3v) is 5.07. The monoisotopic (exact) mass is 347 g/mol. The highest BCUT2D eigenvalue weighted by Gasteiger charge is 2.32. The zero-order chi connectivity index (χ0) is 15.5. The standard InChI is InChI=1S/C14H9N3O2S3/c18-7-16-17-13(19)11(22-14(17)20)6-10-12(21-8-15-10)9-4-2-1-3-5-9/h1-8H,(H,16,18)/b11-6-. The van der Waals surface area contributed by atoms with Crippen LogP contribution in [-0.2, 0) is 9.59 Å². The van der Waals surface area contributed by atoms with E-state index in [1.54, 1.807) is 11.6 Å². The number of hydrogen-bond donors (Lipinski definition) is 1. The summed E-state index contributed by atoms with van der Waals surface area (Å²) in [6.45, 7) is 0. The smallest absolute Gasteiger partial charge is 0.277 e. The maximum Gasteiger partial charge on any atom is 0.285 e. The number of nitrogens with zero attached hydrogens (tertiary/aromatic N) is 2. The van der Waals surface area contributed by atoms with Crippen molar-refractivity contribution in [3.8, 4) is 10.4 Å². The second-order valence-electron chi connectivity index (χ2n) is 4.20. The van der Waals surface area contributed by atoms with Crippen LogP contribution in [0, 0.1) is 0 Å². The van der Waals surface area contributed by atoms with Crippen molar-refractivity contribution in [2.24, 2.45) is 0 Å². The van der Waals surface area contributed by atoms with Gasteiger partial charge < -0.3 is 0 Å². The van der Waals surface area contributed by atoms with Crippen LogP contribution in [0.25, 0.3) is 16.5 Å². The Hall–Kier alpha value is -2.03. The lowest BCUT2D eigenvalue weighted by atomic mass is 10.1. The highest BCUT2D eigenvalue weighted by atomic mass is 32.2. The zero-order valence-corrected chi connectivity index (χ0v) is 13.5. The van der Waals surface area contributed by atoms with Crippen LogP contribution in [0.5, 0.6) is 0 Å². The van der Waals surface area contributed by atoms with Gasteiger partial charge in [-0.05, 0) is 23.9 Å². The predicted molar refractivity (Wildman–Crippen MR) is 91.8 cm³/mol. The van der Waals surface area contributed by atoms with E-state index in [1.807, 2.05) is 30.3 Å². The fourth-order valence-electron chi connectivity index (χ4n) is 1.92. The van der Waals surface area contributed by atoms with Crippen molar-refractivity contribution in [1.29, 1.82) is 0 Å².